The van der Waals surface area contributed by atoms with Gasteiger partial charge >= 0.3 is 0 Å². The van der Waals surface area contributed by atoms with Gasteiger partial charge in [0.2, 0.25) is 5.91 Å². The number of hydrogen-bond acceptors (Lipinski definition) is 5. The zero-order chi connectivity index (χ0) is 23.5. The van der Waals surface area contributed by atoms with Gasteiger partial charge in [-0.05, 0) is 67.7 Å². The fourth-order valence-corrected chi connectivity index (χ4v) is 5.18. The smallest absolute Gasteiger partial charge is 0.245 e. The van der Waals surface area contributed by atoms with E-state index in [9.17, 15) is 4.79 Å². The van der Waals surface area contributed by atoms with E-state index in [0.29, 0.717) is 18.4 Å². The van der Waals surface area contributed by atoms with E-state index in [4.69, 9.17) is 15.5 Å². The van der Waals surface area contributed by atoms with E-state index in [1.807, 2.05) is 59.5 Å². The lowest BCUT2D eigenvalue weighted by atomic mass is 9.81. The van der Waals surface area contributed by atoms with Crippen LogP contribution in [-0.4, -0.2) is 40.1 Å². The maximum atomic E-state index is 12.0. The van der Waals surface area contributed by atoms with Gasteiger partial charge in [0, 0.05) is 37.7 Å². The van der Waals surface area contributed by atoms with Crippen molar-refractivity contribution in [2.75, 3.05) is 25.1 Å². The highest BCUT2D eigenvalue weighted by atomic mass is 16.5. The Morgan fingerprint density at radius 3 is 2.47 bits per heavy atom. The molecule has 1 unspecified atom stereocenters. The fourth-order valence-electron chi connectivity index (χ4n) is 5.18. The van der Waals surface area contributed by atoms with Crippen LogP contribution in [0, 0.1) is 5.92 Å². The molecule has 3 heterocycles. The third-order valence-corrected chi connectivity index (χ3v) is 6.95. The lowest BCUT2D eigenvalue weighted by Crippen LogP contribution is -2.41. The zero-order valence-electron chi connectivity index (χ0n) is 19.3. The summed E-state index contributed by atoms with van der Waals surface area (Å²) < 4.78 is 8.05. The summed E-state index contributed by atoms with van der Waals surface area (Å²) in [6.07, 6.45) is 4.41. The average molecular weight is 458 g/mol. The predicted molar refractivity (Wildman–Crippen MR) is 133 cm³/mol. The van der Waals surface area contributed by atoms with Gasteiger partial charge in [-0.3, -0.25) is 4.79 Å². The van der Waals surface area contributed by atoms with Gasteiger partial charge in [0.25, 0.3) is 0 Å². The van der Waals surface area contributed by atoms with Crippen LogP contribution in [0.2, 0.25) is 0 Å². The molecule has 1 fully saturated rings. The molecule has 176 valence electrons. The van der Waals surface area contributed by atoms with Crippen LogP contribution in [0.4, 0.5) is 0 Å². The number of ether oxygens (including phenoxy) is 1. The molecule has 34 heavy (non-hydrogen) atoms. The molecular weight excluding hydrogens is 426 g/mol. The number of para-hydroxylation sites is 1. The average Bonchev–Trinajstić information content (AvgIpc) is 3.28. The Labute approximate surface area is 200 Å². The molecule has 5 rings (SSSR count). The number of nitrogens with zero attached hydrogens (tertiary/aromatic N) is 3. The molecular formula is C27H31N5O2. The van der Waals surface area contributed by atoms with Gasteiger partial charge in [-0.25, -0.2) is 9.66 Å². The van der Waals surface area contributed by atoms with Gasteiger partial charge in [-0.1, -0.05) is 24.8 Å². The summed E-state index contributed by atoms with van der Waals surface area (Å²) in [6, 6.07) is 17.8. The summed E-state index contributed by atoms with van der Waals surface area (Å²) in [6.45, 7) is 6.46. The van der Waals surface area contributed by atoms with Crippen LogP contribution in [0.25, 0.3) is 11.3 Å². The van der Waals surface area contributed by atoms with Crippen molar-refractivity contribution < 1.29 is 9.53 Å². The molecule has 1 atom stereocenters. The molecule has 0 bridgehead atoms. The lowest BCUT2D eigenvalue weighted by Gasteiger charge is -2.37. The summed E-state index contributed by atoms with van der Waals surface area (Å²) in [5.41, 5.74) is 12.6. The Hall–Kier alpha value is -3.58. The summed E-state index contributed by atoms with van der Waals surface area (Å²) in [5.74, 6) is 3.52. The number of rotatable bonds is 6. The molecule has 0 saturated carbocycles. The molecule has 7 heteroatoms. The second-order valence-electron chi connectivity index (χ2n) is 8.91. The third-order valence-electron chi connectivity index (χ3n) is 6.95. The molecule has 1 aromatic heterocycles. The molecule has 1 amide bonds. The number of fused-ring (bicyclic) bond motifs is 1. The third kappa shape index (κ3) is 4.31. The monoisotopic (exact) mass is 457 g/mol. The molecule has 2 aliphatic heterocycles. The van der Waals surface area contributed by atoms with Crippen LogP contribution in [0.3, 0.4) is 0 Å². The number of carbonyl (C=O) groups excluding carboxylic acids is 1. The van der Waals surface area contributed by atoms with Gasteiger partial charge in [-0.15, -0.1) is 0 Å². The number of imidazole rings is 1. The van der Waals surface area contributed by atoms with Crippen LogP contribution in [0.5, 0.6) is 11.5 Å². The van der Waals surface area contributed by atoms with E-state index in [0.717, 1.165) is 73.2 Å². The molecule has 0 spiro atoms. The van der Waals surface area contributed by atoms with E-state index >= 15 is 0 Å². The van der Waals surface area contributed by atoms with Crippen LogP contribution >= 0.6 is 0 Å². The van der Waals surface area contributed by atoms with Crippen molar-refractivity contribution in [3.05, 3.63) is 78.8 Å². The number of amides is 1. The molecule has 7 nitrogen and oxygen atoms in total. The standard InChI is InChI=1S/C27H31N5O2/c1-2-25(33)31-16-13-19(14-17-31)23-12-15-29-32-24(18-28)26(30-27(23)32)20-8-10-22(11-9-20)34-21-6-4-3-5-7-21/h2-11,19,23,29H,1,12-18,28H2. The normalized spacial score (nSPS) is 18.1. The molecule has 0 radical (unpaired) electrons. The van der Waals surface area contributed by atoms with E-state index in [1.54, 1.807) is 0 Å². The number of nitrogens with one attached hydrogen (secondary N) is 1. The van der Waals surface area contributed by atoms with Gasteiger partial charge in [-0.2, -0.15) is 0 Å². The predicted octanol–water partition coefficient (Wildman–Crippen LogP) is 4.26. The van der Waals surface area contributed by atoms with Crippen LogP contribution in [0.15, 0.2) is 67.3 Å². The summed E-state index contributed by atoms with van der Waals surface area (Å²) >= 11 is 0. The number of benzene rings is 2. The van der Waals surface area contributed by atoms with Crippen LogP contribution in [0.1, 0.15) is 36.7 Å². The number of likely N-dealkylation sites (tertiary alicyclic amines) is 1. The van der Waals surface area contributed by atoms with Crippen molar-refractivity contribution in [2.45, 2.75) is 31.7 Å². The van der Waals surface area contributed by atoms with Crippen LogP contribution < -0.4 is 15.9 Å². The first kappa shape index (κ1) is 22.2. The first-order valence-corrected chi connectivity index (χ1v) is 12.0. The van der Waals surface area contributed by atoms with Crippen molar-refractivity contribution in [3.63, 3.8) is 0 Å². The van der Waals surface area contributed by atoms with Crippen molar-refractivity contribution in [3.8, 4) is 22.8 Å². The molecule has 2 aliphatic rings. The maximum absolute atomic E-state index is 12.0. The Kier molecular flexibility index (Phi) is 6.36. The van der Waals surface area contributed by atoms with E-state index in [2.05, 4.69) is 16.7 Å². The Bertz CT molecular complexity index is 1150. The van der Waals surface area contributed by atoms with Crippen LogP contribution in [-0.2, 0) is 11.3 Å². The topological polar surface area (TPSA) is 85.4 Å². The highest BCUT2D eigenvalue weighted by Gasteiger charge is 2.35. The zero-order valence-corrected chi connectivity index (χ0v) is 19.3. The molecule has 3 aromatic rings. The van der Waals surface area contributed by atoms with Crippen molar-refractivity contribution in [1.29, 1.82) is 0 Å². The minimum atomic E-state index is 0.0256. The van der Waals surface area contributed by atoms with Gasteiger partial charge < -0.3 is 20.8 Å². The Balaban J connectivity index is 1.38. The van der Waals surface area contributed by atoms with Crippen molar-refractivity contribution in [2.24, 2.45) is 11.7 Å². The largest absolute Gasteiger partial charge is 0.457 e. The molecule has 0 aliphatic carbocycles. The fraction of sp³-hybridized carbons (Fsp3) is 0.333. The number of nitrogens with two attached hydrogens (primary N) is 1. The minimum absolute atomic E-state index is 0.0256. The minimum Gasteiger partial charge on any atom is -0.457 e. The maximum Gasteiger partial charge on any atom is 0.245 e. The summed E-state index contributed by atoms with van der Waals surface area (Å²) in [4.78, 5) is 19.0. The number of piperidine rings is 1. The second kappa shape index (κ2) is 9.73. The Morgan fingerprint density at radius 1 is 1.09 bits per heavy atom. The molecule has 3 N–H and O–H groups in total. The highest BCUT2D eigenvalue weighted by molar-refractivity contribution is 5.87. The van der Waals surface area contributed by atoms with E-state index < -0.39 is 0 Å². The summed E-state index contributed by atoms with van der Waals surface area (Å²) in [7, 11) is 0. The molecule has 1 saturated heterocycles. The highest BCUT2D eigenvalue weighted by Crippen LogP contribution is 2.39. The Morgan fingerprint density at radius 2 is 1.79 bits per heavy atom. The van der Waals surface area contributed by atoms with Gasteiger partial charge in [0.05, 0.1) is 11.4 Å². The van der Waals surface area contributed by atoms with E-state index in [-0.39, 0.29) is 5.91 Å². The molecule has 2 aromatic carbocycles. The summed E-state index contributed by atoms with van der Waals surface area (Å²) in [5, 5.41) is 0. The first-order valence-electron chi connectivity index (χ1n) is 12.0. The second-order valence-corrected chi connectivity index (χ2v) is 8.91. The van der Waals surface area contributed by atoms with Crippen molar-refractivity contribution >= 4 is 5.91 Å². The van der Waals surface area contributed by atoms with Crippen molar-refractivity contribution in [1.82, 2.24) is 14.6 Å². The number of aromatic nitrogens is 2. The van der Waals surface area contributed by atoms with E-state index in [1.165, 1.54) is 6.08 Å². The SMILES string of the molecule is C=CC(=O)N1CCC(C2CCNn3c2nc(-c2ccc(Oc4ccccc4)cc2)c3CN)CC1. The quantitative estimate of drug-likeness (QED) is 0.541. The number of carbonyl (C=O) groups is 1. The van der Waals surface area contributed by atoms with Gasteiger partial charge in [0.15, 0.2) is 0 Å². The van der Waals surface area contributed by atoms with Gasteiger partial charge in [0.1, 0.15) is 17.3 Å². The first-order chi connectivity index (χ1) is 16.7. The number of hydrogen-bond donors (Lipinski definition) is 2. The lowest BCUT2D eigenvalue weighted by molar-refractivity contribution is -0.127.